The Kier molecular flexibility index (Phi) is 12.1. The number of piperazine rings is 2. The zero-order valence-corrected chi connectivity index (χ0v) is 25.6. The van der Waals surface area contributed by atoms with E-state index in [4.69, 9.17) is 0 Å². The topological polar surface area (TPSA) is 105 Å². The van der Waals surface area contributed by atoms with E-state index >= 15 is 0 Å². The van der Waals surface area contributed by atoms with Crippen LogP contribution >= 0.6 is 0 Å². The summed E-state index contributed by atoms with van der Waals surface area (Å²) in [6.45, 7) is 6.11. The Balaban J connectivity index is 1.12. The molecule has 2 saturated heterocycles. The van der Waals surface area contributed by atoms with Crippen LogP contribution in [0.3, 0.4) is 0 Å². The Labute approximate surface area is 255 Å². The monoisotopic (exact) mass is 590 g/mol. The molecule has 0 unspecified atom stereocenters. The van der Waals surface area contributed by atoms with Crippen molar-refractivity contribution in [2.45, 2.75) is 44.9 Å². The molecule has 10 nitrogen and oxygen atoms in total. The molecule has 43 heavy (non-hydrogen) atoms. The van der Waals surface area contributed by atoms with Crippen LogP contribution in [0.5, 0.6) is 0 Å². The lowest BCUT2D eigenvalue weighted by Gasteiger charge is -2.32. The second-order valence-electron chi connectivity index (χ2n) is 11.6. The Hall–Kier alpha value is -3.76. The van der Waals surface area contributed by atoms with Gasteiger partial charge in [-0.3, -0.25) is 19.2 Å². The zero-order valence-electron chi connectivity index (χ0n) is 25.6. The van der Waals surface area contributed by atoms with Gasteiger partial charge in [-0.2, -0.15) is 0 Å². The maximum Gasteiger partial charge on any atom is 0.256 e. The number of nitrogens with one attached hydrogen (secondary N) is 2. The summed E-state index contributed by atoms with van der Waals surface area (Å²) in [7, 11) is 4.10. The largest absolute Gasteiger partial charge is 0.336 e. The van der Waals surface area contributed by atoms with Gasteiger partial charge >= 0.3 is 0 Å². The van der Waals surface area contributed by atoms with Crippen LogP contribution in [-0.4, -0.2) is 110 Å². The minimum atomic E-state index is -0.0946. The average Bonchev–Trinajstić information content (AvgIpc) is 3.01. The molecule has 0 atom stereocenters. The molecule has 0 bridgehead atoms. The highest BCUT2D eigenvalue weighted by Crippen LogP contribution is 2.21. The molecule has 2 heterocycles. The van der Waals surface area contributed by atoms with Crippen molar-refractivity contribution in [3.05, 3.63) is 59.7 Å². The van der Waals surface area contributed by atoms with Crippen molar-refractivity contribution < 1.29 is 19.2 Å². The molecule has 2 aliphatic heterocycles. The second kappa shape index (κ2) is 16.2. The van der Waals surface area contributed by atoms with Gasteiger partial charge in [-0.1, -0.05) is 43.5 Å². The highest BCUT2D eigenvalue weighted by atomic mass is 16.2. The number of hydrogen-bond donors (Lipinski definition) is 2. The molecular formula is C33H46N6O4. The van der Waals surface area contributed by atoms with E-state index in [2.05, 4.69) is 20.4 Å². The normalized spacial score (nSPS) is 16.1. The summed E-state index contributed by atoms with van der Waals surface area (Å²) in [4.78, 5) is 59.4. The number of benzene rings is 2. The molecular weight excluding hydrogens is 544 g/mol. The van der Waals surface area contributed by atoms with E-state index in [0.29, 0.717) is 61.5 Å². The van der Waals surface area contributed by atoms with E-state index in [1.54, 1.807) is 24.3 Å². The second-order valence-corrected chi connectivity index (χ2v) is 11.6. The number of para-hydroxylation sites is 2. The molecule has 4 amide bonds. The molecule has 10 heteroatoms. The Bertz CT molecular complexity index is 1160. The number of hydrogen-bond acceptors (Lipinski definition) is 6. The summed E-state index contributed by atoms with van der Waals surface area (Å²) in [5.74, 6) is -0.276. The van der Waals surface area contributed by atoms with E-state index in [1.807, 2.05) is 48.2 Å². The zero-order chi connectivity index (χ0) is 30.6. The molecule has 0 aliphatic carbocycles. The molecule has 0 radical (unpaired) electrons. The van der Waals surface area contributed by atoms with Crippen molar-refractivity contribution in [2.24, 2.45) is 0 Å². The van der Waals surface area contributed by atoms with Gasteiger partial charge in [0.05, 0.1) is 22.5 Å². The van der Waals surface area contributed by atoms with Crippen LogP contribution in [0.15, 0.2) is 48.5 Å². The fourth-order valence-corrected chi connectivity index (χ4v) is 5.44. The lowest BCUT2D eigenvalue weighted by Crippen LogP contribution is -2.47. The molecule has 2 fully saturated rings. The molecule has 0 saturated carbocycles. The molecule has 0 spiro atoms. The fourth-order valence-electron chi connectivity index (χ4n) is 5.44. The smallest absolute Gasteiger partial charge is 0.256 e. The van der Waals surface area contributed by atoms with Crippen LogP contribution in [0.25, 0.3) is 0 Å². The van der Waals surface area contributed by atoms with E-state index in [1.165, 1.54) is 0 Å². The number of nitrogens with zero attached hydrogens (tertiary/aromatic N) is 4. The molecule has 2 aliphatic rings. The van der Waals surface area contributed by atoms with Crippen molar-refractivity contribution in [2.75, 3.05) is 77.1 Å². The van der Waals surface area contributed by atoms with Crippen molar-refractivity contribution in [1.82, 2.24) is 19.6 Å². The number of unbranched alkanes of at least 4 members (excludes halogenated alkanes) is 4. The number of likely N-dealkylation sites (N-methyl/N-ethyl adjacent to an activating group) is 2. The first-order valence-electron chi connectivity index (χ1n) is 15.5. The maximum atomic E-state index is 13.1. The lowest BCUT2D eigenvalue weighted by atomic mass is 10.1. The summed E-state index contributed by atoms with van der Waals surface area (Å²) in [5.41, 5.74) is 2.19. The fraction of sp³-hybridized carbons (Fsp3) is 0.515. The molecule has 4 rings (SSSR count). The standard InChI is InChI=1S/C33H46N6O4/c1-36-18-22-38(23-19-36)32(42)26-12-8-10-14-28(26)34-30(40)16-6-4-3-5-7-17-31(41)35-29-15-11-9-13-27(29)33(43)39-24-20-37(2)21-25-39/h8-15H,3-7,16-25H2,1-2H3,(H,34,40)(H,35,41). The third-order valence-corrected chi connectivity index (χ3v) is 8.25. The Morgan fingerprint density at radius 2 is 0.884 bits per heavy atom. The van der Waals surface area contributed by atoms with E-state index in [-0.39, 0.29) is 23.6 Å². The van der Waals surface area contributed by atoms with E-state index in [9.17, 15) is 19.2 Å². The molecule has 0 aromatic heterocycles. The van der Waals surface area contributed by atoms with Crippen LogP contribution in [0.4, 0.5) is 11.4 Å². The molecule has 2 aromatic carbocycles. The van der Waals surface area contributed by atoms with Crippen LogP contribution in [0.2, 0.25) is 0 Å². The van der Waals surface area contributed by atoms with Crippen molar-refractivity contribution in [1.29, 1.82) is 0 Å². The first kappa shape index (κ1) is 32.2. The van der Waals surface area contributed by atoms with Crippen molar-refractivity contribution in [3.63, 3.8) is 0 Å². The molecule has 2 aromatic rings. The summed E-state index contributed by atoms with van der Waals surface area (Å²) < 4.78 is 0. The first-order chi connectivity index (χ1) is 20.8. The molecule has 232 valence electrons. The van der Waals surface area contributed by atoms with Crippen LogP contribution in [0, 0.1) is 0 Å². The number of carbonyl (C=O) groups excluding carboxylic acids is 4. The van der Waals surface area contributed by atoms with Gasteiger partial charge in [0.25, 0.3) is 11.8 Å². The van der Waals surface area contributed by atoms with Gasteiger partial charge in [0.2, 0.25) is 11.8 Å². The van der Waals surface area contributed by atoms with E-state index in [0.717, 1.165) is 58.3 Å². The van der Waals surface area contributed by atoms with Crippen LogP contribution < -0.4 is 10.6 Å². The quantitative estimate of drug-likeness (QED) is 0.365. The number of amides is 4. The van der Waals surface area contributed by atoms with Crippen LogP contribution in [-0.2, 0) is 9.59 Å². The SMILES string of the molecule is CN1CCN(C(=O)c2ccccc2NC(=O)CCCCCCCC(=O)Nc2ccccc2C(=O)N2CCN(C)CC2)CC1. The van der Waals surface area contributed by atoms with Crippen LogP contribution in [0.1, 0.15) is 65.7 Å². The number of anilines is 2. The van der Waals surface area contributed by atoms with Gasteiger partial charge < -0.3 is 30.2 Å². The minimum Gasteiger partial charge on any atom is -0.336 e. The van der Waals surface area contributed by atoms with Gasteiger partial charge in [0.15, 0.2) is 0 Å². The number of carbonyl (C=O) groups is 4. The van der Waals surface area contributed by atoms with Gasteiger partial charge in [0.1, 0.15) is 0 Å². The Morgan fingerprint density at radius 1 is 0.535 bits per heavy atom. The van der Waals surface area contributed by atoms with Gasteiger partial charge in [0, 0.05) is 65.2 Å². The van der Waals surface area contributed by atoms with Crippen molar-refractivity contribution >= 4 is 35.0 Å². The van der Waals surface area contributed by atoms with Crippen molar-refractivity contribution in [3.8, 4) is 0 Å². The summed E-state index contributed by atoms with van der Waals surface area (Å²) in [6.07, 6.45) is 4.96. The van der Waals surface area contributed by atoms with Gasteiger partial charge in [-0.15, -0.1) is 0 Å². The lowest BCUT2D eigenvalue weighted by molar-refractivity contribution is -0.117. The summed E-state index contributed by atoms with van der Waals surface area (Å²) >= 11 is 0. The van der Waals surface area contributed by atoms with Gasteiger partial charge in [-0.25, -0.2) is 0 Å². The summed E-state index contributed by atoms with van der Waals surface area (Å²) in [6, 6.07) is 14.4. The highest BCUT2D eigenvalue weighted by molar-refractivity contribution is 6.04. The number of rotatable bonds is 12. The predicted octanol–water partition coefficient (Wildman–Crippen LogP) is 3.77. The highest BCUT2D eigenvalue weighted by Gasteiger charge is 2.24. The van der Waals surface area contributed by atoms with Gasteiger partial charge in [-0.05, 0) is 51.2 Å². The third kappa shape index (κ3) is 9.62. The minimum absolute atomic E-state index is 0.0434. The van der Waals surface area contributed by atoms with E-state index < -0.39 is 0 Å². The third-order valence-electron chi connectivity index (χ3n) is 8.25. The maximum absolute atomic E-state index is 13.1. The molecule has 2 N–H and O–H groups in total. The predicted molar refractivity (Wildman–Crippen MR) is 169 cm³/mol. The first-order valence-corrected chi connectivity index (χ1v) is 15.5. The Morgan fingerprint density at radius 3 is 1.28 bits per heavy atom. The average molecular weight is 591 g/mol. The summed E-state index contributed by atoms with van der Waals surface area (Å²) in [5, 5.41) is 5.87.